The van der Waals surface area contributed by atoms with Gasteiger partial charge in [0.2, 0.25) is 0 Å². The highest BCUT2D eigenvalue weighted by Gasteiger charge is 2.15. The normalized spacial score (nSPS) is 10.6. The minimum absolute atomic E-state index is 0.235. The first kappa shape index (κ1) is 17.6. The molecule has 3 aromatic rings. The number of methoxy groups -OCH3 is 2. The van der Waals surface area contributed by atoms with Gasteiger partial charge in [0, 0.05) is 19.2 Å². The highest BCUT2D eigenvalue weighted by molar-refractivity contribution is 5.80. The Morgan fingerprint density at radius 1 is 1.12 bits per heavy atom. The lowest BCUT2D eigenvalue weighted by Gasteiger charge is -2.15. The van der Waals surface area contributed by atoms with Crippen LogP contribution in [0.1, 0.15) is 11.4 Å². The molecule has 26 heavy (non-hydrogen) atoms. The van der Waals surface area contributed by atoms with Gasteiger partial charge in [0.15, 0.2) is 11.5 Å². The SMILES string of the molecule is COc1cc2nc(CN(C)C(=O)OCc3ccccc3)[nH]c2cc1OC. The topological polar surface area (TPSA) is 76.7 Å². The second-order valence-corrected chi connectivity index (χ2v) is 5.80. The van der Waals surface area contributed by atoms with Crippen molar-refractivity contribution >= 4 is 17.1 Å². The quantitative estimate of drug-likeness (QED) is 0.734. The number of nitrogens with one attached hydrogen (secondary N) is 1. The van der Waals surface area contributed by atoms with Crippen LogP contribution in [0.5, 0.6) is 11.5 Å². The standard InChI is InChI=1S/C19H21N3O4/c1-22(19(23)26-12-13-7-5-4-6-8-13)11-18-20-14-9-16(24-2)17(25-3)10-15(14)21-18/h4-10H,11-12H2,1-3H3,(H,20,21). The molecule has 0 radical (unpaired) electrons. The largest absolute Gasteiger partial charge is 0.493 e. The fourth-order valence-electron chi connectivity index (χ4n) is 2.58. The number of aromatic amines is 1. The minimum atomic E-state index is -0.413. The molecule has 0 fully saturated rings. The Labute approximate surface area is 151 Å². The second kappa shape index (κ2) is 7.77. The summed E-state index contributed by atoms with van der Waals surface area (Å²) in [6.07, 6.45) is -0.413. The van der Waals surface area contributed by atoms with Crippen molar-refractivity contribution in [3.05, 3.63) is 53.9 Å². The Bertz CT molecular complexity index is 851. The lowest BCUT2D eigenvalue weighted by molar-refractivity contribution is 0.102. The van der Waals surface area contributed by atoms with E-state index in [1.807, 2.05) is 36.4 Å². The molecule has 0 atom stereocenters. The Hall–Kier alpha value is -3.22. The number of ether oxygens (including phenoxy) is 3. The van der Waals surface area contributed by atoms with Crippen molar-refractivity contribution in [1.82, 2.24) is 14.9 Å². The van der Waals surface area contributed by atoms with E-state index in [1.165, 1.54) is 4.90 Å². The van der Waals surface area contributed by atoms with Gasteiger partial charge in [-0.3, -0.25) is 0 Å². The zero-order valence-electron chi connectivity index (χ0n) is 15.0. The summed E-state index contributed by atoms with van der Waals surface area (Å²) in [5.41, 5.74) is 2.49. The van der Waals surface area contributed by atoms with Crippen LogP contribution in [0.3, 0.4) is 0 Å². The lowest BCUT2D eigenvalue weighted by Crippen LogP contribution is -2.27. The Balaban J connectivity index is 1.66. The third-order valence-corrected chi connectivity index (χ3v) is 3.94. The van der Waals surface area contributed by atoms with Gasteiger partial charge in [-0.15, -0.1) is 0 Å². The predicted molar refractivity (Wildman–Crippen MR) is 97.3 cm³/mol. The maximum Gasteiger partial charge on any atom is 0.410 e. The molecule has 0 bridgehead atoms. The highest BCUT2D eigenvalue weighted by Crippen LogP contribution is 2.31. The van der Waals surface area contributed by atoms with Crippen LogP contribution < -0.4 is 9.47 Å². The van der Waals surface area contributed by atoms with Gasteiger partial charge in [-0.25, -0.2) is 9.78 Å². The number of carbonyl (C=O) groups is 1. The summed E-state index contributed by atoms with van der Waals surface area (Å²) < 4.78 is 15.9. The summed E-state index contributed by atoms with van der Waals surface area (Å²) in [7, 11) is 4.83. The summed E-state index contributed by atoms with van der Waals surface area (Å²) in [5.74, 6) is 1.87. The number of benzene rings is 2. The van der Waals surface area contributed by atoms with Crippen LogP contribution in [-0.4, -0.2) is 42.2 Å². The van der Waals surface area contributed by atoms with E-state index in [-0.39, 0.29) is 6.61 Å². The number of imidazole rings is 1. The van der Waals surface area contributed by atoms with Crippen LogP contribution in [-0.2, 0) is 17.9 Å². The fraction of sp³-hybridized carbons (Fsp3) is 0.263. The average Bonchev–Trinajstić information content (AvgIpc) is 3.06. The molecule has 2 aromatic carbocycles. The number of fused-ring (bicyclic) bond motifs is 1. The van der Waals surface area contributed by atoms with Gasteiger partial charge in [0.1, 0.15) is 12.4 Å². The van der Waals surface area contributed by atoms with Gasteiger partial charge < -0.3 is 24.1 Å². The number of nitrogens with zero attached hydrogens (tertiary/aromatic N) is 2. The van der Waals surface area contributed by atoms with Gasteiger partial charge in [-0.05, 0) is 5.56 Å². The van der Waals surface area contributed by atoms with E-state index in [2.05, 4.69) is 9.97 Å². The summed E-state index contributed by atoms with van der Waals surface area (Å²) in [4.78, 5) is 21.3. The number of hydrogen-bond donors (Lipinski definition) is 1. The van der Waals surface area contributed by atoms with Crippen LogP contribution in [0.15, 0.2) is 42.5 Å². The lowest BCUT2D eigenvalue weighted by atomic mass is 10.2. The summed E-state index contributed by atoms with van der Waals surface area (Å²) in [5, 5.41) is 0. The summed E-state index contributed by atoms with van der Waals surface area (Å²) >= 11 is 0. The van der Waals surface area contributed by atoms with Crippen LogP contribution in [0.2, 0.25) is 0 Å². The average molecular weight is 355 g/mol. The number of amides is 1. The minimum Gasteiger partial charge on any atom is -0.493 e. The molecule has 7 heteroatoms. The summed E-state index contributed by atoms with van der Waals surface area (Å²) in [6, 6.07) is 13.2. The Kier molecular flexibility index (Phi) is 5.26. The smallest absolute Gasteiger partial charge is 0.410 e. The van der Waals surface area contributed by atoms with E-state index in [4.69, 9.17) is 14.2 Å². The molecule has 0 saturated heterocycles. The van der Waals surface area contributed by atoms with Crippen LogP contribution >= 0.6 is 0 Å². The molecule has 0 unspecified atom stereocenters. The fourth-order valence-corrected chi connectivity index (χ4v) is 2.58. The van der Waals surface area contributed by atoms with Gasteiger partial charge in [-0.1, -0.05) is 30.3 Å². The van der Waals surface area contributed by atoms with Crippen LogP contribution in [0.25, 0.3) is 11.0 Å². The zero-order valence-corrected chi connectivity index (χ0v) is 15.0. The third kappa shape index (κ3) is 3.88. The number of aromatic nitrogens is 2. The molecular formula is C19H21N3O4. The van der Waals surface area contributed by atoms with Gasteiger partial charge in [0.25, 0.3) is 0 Å². The highest BCUT2D eigenvalue weighted by atomic mass is 16.6. The van der Waals surface area contributed by atoms with Crippen LogP contribution in [0.4, 0.5) is 4.79 Å². The Morgan fingerprint density at radius 3 is 2.50 bits per heavy atom. The van der Waals surface area contributed by atoms with Crippen molar-refractivity contribution in [2.75, 3.05) is 21.3 Å². The van der Waals surface area contributed by atoms with E-state index < -0.39 is 6.09 Å². The first-order chi connectivity index (χ1) is 12.6. The van der Waals surface area contributed by atoms with Gasteiger partial charge in [0.05, 0.1) is 31.8 Å². The summed E-state index contributed by atoms with van der Waals surface area (Å²) in [6.45, 7) is 0.533. The van der Waals surface area contributed by atoms with Gasteiger partial charge in [-0.2, -0.15) is 0 Å². The third-order valence-electron chi connectivity index (χ3n) is 3.94. The van der Waals surface area contributed by atoms with E-state index in [1.54, 1.807) is 27.3 Å². The molecule has 1 N–H and O–H groups in total. The van der Waals surface area contributed by atoms with E-state index >= 15 is 0 Å². The van der Waals surface area contributed by atoms with Crippen molar-refractivity contribution in [1.29, 1.82) is 0 Å². The molecule has 1 heterocycles. The van der Waals surface area contributed by atoms with Crippen molar-refractivity contribution in [3.8, 4) is 11.5 Å². The van der Waals surface area contributed by atoms with Crippen molar-refractivity contribution in [2.45, 2.75) is 13.2 Å². The first-order valence-electron chi connectivity index (χ1n) is 8.13. The molecule has 1 amide bonds. The van der Waals surface area contributed by atoms with Crippen molar-refractivity contribution in [3.63, 3.8) is 0 Å². The molecule has 1 aromatic heterocycles. The van der Waals surface area contributed by atoms with Crippen molar-refractivity contribution in [2.24, 2.45) is 0 Å². The molecule has 3 rings (SSSR count). The van der Waals surface area contributed by atoms with E-state index in [0.29, 0.717) is 23.9 Å². The molecule has 136 valence electrons. The number of H-pyrrole nitrogens is 1. The first-order valence-corrected chi connectivity index (χ1v) is 8.13. The molecule has 0 aliphatic heterocycles. The molecule has 7 nitrogen and oxygen atoms in total. The maximum atomic E-state index is 12.2. The van der Waals surface area contributed by atoms with Gasteiger partial charge >= 0.3 is 6.09 Å². The maximum absolute atomic E-state index is 12.2. The van der Waals surface area contributed by atoms with Crippen LogP contribution in [0, 0.1) is 0 Å². The van der Waals surface area contributed by atoms with Crippen molar-refractivity contribution < 1.29 is 19.0 Å². The molecule has 0 aliphatic carbocycles. The number of carbonyl (C=O) groups excluding carboxylic acids is 1. The second-order valence-electron chi connectivity index (χ2n) is 5.80. The monoisotopic (exact) mass is 355 g/mol. The molecule has 0 saturated carbocycles. The predicted octanol–water partition coefficient (Wildman–Crippen LogP) is 3.35. The zero-order chi connectivity index (χ0) is 18.5. The molecular weight excluding hydrogens is 334 g/mol. The molecule has 0 spiro atoms. The number of rotatable bonds is 6. The van der Waals surface area contributed by atoms with E-state index in [0.717, 1.165) is 16.6 Å². The Morgan fingerprint density at radius 2 is 1.81 bits per heavy atom. The van der Waals surface area contributed by atoms with E-state index in [9.17, 15) is 4.79 Å². The molecule has 0 aliphatic rings. The number of hydrogen-bond acceptors (Lipinski definition) is 5.